The van der Waals surface area contributed by atoms with Gasteiger partial charge in [0.25, 0.3) is 0 Å². The van der Waals surface area contributed by atoms with Crippen molar-refractivity contribution in [1.82, 2.24) is 0 Å². The number of phosphoric ester groups is 1. The predicted molar refractivity (Wildman–Crippen MR) is 73.9 cm³/mol. The van der Waals surface area contributed by atoms with E-state index in [1.165, 1.54) is 6.07 Å². The number of aryl methyl sites for hydroxylation is 2. The minimum Gasteiger partial charge on any atom is -0.481 e. The number of carboxylic acids is 1. The number of aliphatic carboxylic acids is 1. The minimum atomic E-state index is -4.71. The van der Waals surface area contributed by atoms with Crippen molar-refractivity contribution in [2.75, 3.05) is 0 Å². The number of hydrogen-bond acceptors (Lipinski definition) is 3. The van der Waals surface area contributed by atoms with Crippen LogP contribution in [-0.2, 0) is 14.8 Å². The lowest BCUT2D eigenvalue weighted by molar-refractivity contribution is -0.138. The molecule has 7 heteroatoms. The quantitative estimate of drug-likeness (QED) is 0.722. The summed E-state index contributed by atoms with van der Waals surface area (Å²) >= 11 is 0. The summed E-state index contributed by atoms with van der Waals surface area (Å²) in [5.41, 5.74) is 1.20. The number of rotatable bonds is 5. The van der Waals surface area contributed by atoms with Crippen LogP contribution in [0, 0.1) is 13.8 Å². The Labute approximate surface area is 117 Å². The van der Waals surface area contributed by atoms with E-state index in [0.29, 0.717) is 5.56 Å². The van der Waals surface area contributed by atoms with E-state index < -0.39 is 19.2 Å². The lowest BCUT2D eigenvalue weighted by Gasteiger charge is -2.28. The Morgan fingerprint density at radius 1 is 1.30 bits per heavy atom. The average molecular weight is 302 g/mol. The summed E-state index contributed by atoms with van der Waals surface area (Å²) in [6.07, 6.45) is -0.172. The molecule has 0 heterocycles. The molecule has 0 aromatic heterocycles. The zero-order valence-corrected chi connectivity index (χ0v) is 12.8. The van der Waals surface area contributed by atoms with Crippen molar-refractivity contribution >= 4 is 13.8 Å². The standard InChI is InChI=1S/C13H19O6P/c1-8-5-9(2)12(13(3,4)7-11(14)15)10(6-8)19-20(16,17)18/h5-6H,7H2,1-4H3,(H,14,15)(H2,16,17,18). The molecule has 0 aliphatic rings. The summed E-state index contributed by atoms with van der Waals surface area (Å²) in [7, 11) is -4.71. The molecule has 0 aliphatic carbocycles. The smallest absolute Gasteiger partial charge is 0.481 e. The molecule has 0 bridgehead atoms. The normalized spacial score (nSPS) is 12.3. The van der Waals surface area contributed by atoms with E-state index in [2.05, 4.69) is 0 Å². The lowest BCUT2D eigenvalue weighted by Crippen LogP contribution is -2.23. The van der Waals surface area contributed by atoms with Crippen molar-refractivity contribution in [2.24, 2.45) is 0 Å². The summed E-state index contributed by atoms with van der Waals surface area (Å²) in [5, 5.41) is 8.98. The third-order valence-corrected chi connectivity index (χ3v) is 3.37. The molecule has 6 nitrogen and oxygen atoms in total. The molecule has 20 heavy (non-hydrogen) atoms. The van der Waals surface area contributed by atoms with Crippen LogP contribution in [0.1, 0.15) is 37.0 Å². The van der Waals surface area contributed by atoms with Gasteiger partial charge in [0.2, 0.25) is 0 Å². The van der Waals surface area contributed by atoms with E-state index in [4.69, 9.17) is 19.4 Å². The third kappa shape index (κ3) is 4.34. The summed E-state index contributed by atoms with van der Waals surface area (Å²) in [6, 6.07) is 3.33. The molecular weight excluding hydrogens is 283 g/mol. The van der Waals surface area contributed by atoms with Crippen molar-refractivity contribution in [3.05, 3.63) is 28.8 Å². The Hall–Kier alpha value is -1.36. The predicted octanol–water partition coefficient (Wildman–Crippen LogP) is 2.53. The molecule has 3 N–H and O–H groups in total. The molecule has 0 aliphatic heterocycles. The van der Waals surface area contributed by atoms with Gasteiger partial charge >= 0.3 is 13.8 Å². The number of phosphoric acid groups is 1. The number of carbonyl (C=O) groups is 1. The number of carboxylic acid groups (broad SMARTS) is 1. The minimum absolute atomic E-state index is 0.0297. The zero-order valence-electron chi connectivity index (χ0n) is 11.9. The van der Waals surface area contributed by atoms with Crippen LogP contribution in [0.3, 0.4) is 0 Å². The van der Waals surface area contributed by atoms with Crippen molar-refractivity contribution in [3.63, 3.8) is 0 Å². The maximum atomic E-state index is 11.1. The molecule has 0 spiro atoms. The van der Waals surface area contributed by atoms with Crippen molar-refractivity contribution in [3.8, 4) is 5.75 Å². The first-order chi connectivity index (χ1) is 8.92. The van der Waals surface area contributed by atoms with Crippen molar-refractivity contribution in [2.45, 2.75) is 39.5 Å². The summed E-state index contributed by atoms with van der Waals surface area (Å²) in [5.74, 6) is -0.959. The van der Waals surface area contributed by atoms with E-state index in [0.717, 1.165) is 11.1 Å². The summed E-state index contributed by atoms with van der Waals surface area (Å²) in [4.78, 5) is 29.0. The Bertz CT molecular complexity index is 572. The topological polar surface area (TPSA) is 104 Å². The van der Waals surface area contributed by atoms with Gasteiger partial charge in [-0.1, -0.05) is 19.9 Å². The molecule has 1 rings (SSSR count). The lowest BCUT2D eigenvalue weighted by atomic mass is 9.78. The summed E-state index contributed by atoms with van der Waals surface area (Å²) in [6.45, 7) is 6.93. The first-order valence-corrected chi connectivity index (χ1v) is 7.54. The highest BCUT2D eigenvalue weighted by Crippen LogP contribution is 2.45. The Morgan fingerprint density at radius 2 is 1.85 bits per heavy atom. The Kier molecular flexibility index (Phi) is 4.64. The van der Waals surface area contributed by atoms with Gasteiger partial charge in [0.05, 0.1) is 6.42 Å². The molecule has 0 unspecified atom stereocenters. The van der Waals surface area contributed by atoms with Gasteiger partial charge in [-0.15, -0.1) is 0 Å². The summed E-state index contributed by atoms with van der Waals surface area (Å²) < 4.78 is 15.8. The number of benzene rings is 1. The molecule has 0 saturated heterocycles. The molecule has 0 atom stereocenters. The average Bonchev–Trinajstić information content (AvgIpc) is 2.08. The van der Waals surface area contributed by atoms with Gasteiger partial charge in [-0.05, 0) is 31.0 Å². The van der Waals surface area contributed by atoms with Gasteiger partial charge in [0, 0.05) is 11.0 Å². The fourth-order valence-electron chi connectivity index (χ4n) is 2.46. The van der Waals surface area contributed by atoms with E-state index in [1.807, 2.05) is 6.07 Å². The van der Waals surface area contributed by atoms with Crippen LogP contribution < -0.4 is 4.52 Å². The van der Waals surface area contributed by atoms with Crippen LogP contribution in [0.5, 0.6) is 5.75 Å². The van der Waals surface area contributed by atoms with Gasteiger partial charge in [0.1, 0.15) is 5.75 Å². The molecule has 112 valence electrons. The van der Waals surface area contributed by atoms with Gasteiger partial charge < -0.3 is 9.63 Å². The maximum absolute atomic E-state index is 11.1. The van der Waals surface area contributed by atoms with Gasteiger partial charge in [-0.25, -0.2) is 4.57 Å². The van der Waals surface area contributed by atoms with E-state index in [9.17, 15) is 9.36 Å². The highest BCUT2D eigenvalue weighted by atomic mass is 31.2. The monoisotopic (exact) mass is 302 g/mol. The molecule has 0 radical (unpaired) electrons. The molecule has 1 aromatic rings. The number of hydrogen-bond donors (Lipinski definition) is 3. The second kappa shape index (κ2) is 5.56. The molecule has 0 fully saturated rings. The van der Waals surface area contributed by atoms with E-state index in [1.54, 1.807) is 27.7 Å². The fourth-order valence-corrected chi connectivity index (χ4v) is 2.86. The second-order valence-electron chi connectivity index (χ2n) is 5.49. The van der Waals surface area contributed by atoms with Crippen molar-refractivity contribution < 1.29 is 28.8 Å². The van der Waals surface area contributed by atoms with Gasteiger partial charge in [-0.3, -0.25) is 14.6 Å². The first-order valence-electron chi connectivity index (χ1n) is 6.01. The van der Waals surface area contributed by atoms with Crippen LogP contribution in [0.2, 0.25) is 0 Å². The molecule has 0 amide bonds. The highest BCUT2D eigenvalue weighted by molar-refractivity contribution is 7.46. The van der Waals surface area contributed by atoms with Crippen LogP contribution in [0.15, 0.2) is 12.1 Å². The highest BCUT2D eigenvalue weighted by Gasteiger charge is 2.31. The largest absolute Gasteiger partial charge is 0.524 e. The molecule has 1 aromatic carbocycles. The second-order valence-corrected chi connectivity index (χ2v) is 6.65. The van der Waals surface area contributed by atoms with Gasteiger partial charge in [0.15, 0.2) is 0 Å². The van der Waals surface area contributed by atoms with Gasteiger partial charge in [-0.2, -0.15) is 0 Å². The maximum Gasteiger partial charge on any atom is 0.524 e. The molecular formula is C13H19O6P. The van der Waals surface area contributed by atoms with Crippen LogP contribution in [-0.4, -0.2) is 20.9 Å². The van der Waals surface area contributed by atoms with Crippen LogP contribution in [0.25, 0.3) is 0 Å². The Balaban J connectivity index is 3.43. The molecule has 0 saturated carbocycles. The zero-order chi connectivity index (χ0) is 15.7. The van der Waals surface area contributed by atoms with E-state index in [-0.39, 0.29) is 12.2 Å². The first kappa shape index (κ1) is 16.7. The third-order valence-electron chi connectivity index (χ3n) is 2.93. The SMILES string of the molecule is Cc1cc(C)c(C(C)(C)CC(=O)O)c(OP(=O)(O)O)c1. The van der Waals surface area contributed by atoms with Crippen LogP contribution >= 0.6 is 7.82 Å². The van der Waals surface area contributed by atoms with Crippen molar-refractivity contribution in [1.29, 1.82) is 0 Å². The van der Waals surface area contributed by atoms with Crippen LogP contribution in [0.4, 0.5) is 0 Å². The van der Waals surface area contributed by atoms with E-state index >= 15 is 0 Å². The Morgan fingerprint density at radius 3 is 2.30 bits per heavy atom. The fraction of sp³-hybridized carbons (Fsp3) is 0.462.